The van der Waals surface area contributed by atoms with Gasteiger partial charge in [-0.1, -0.05) is 31.9 Å². The van der Waals surface area contributed by atoms with Gasteiger partial charge in [0.25, 0.3) is 5.91 Å². The van der Waals surface area contributed by atoms with Crippen molar-refractivity contribution in [3.63, 3.8) is 0 Å². The number of phenols is 1. The van der Waals surface area contributed by atoms with E-state index in [1.54, 1.807) is 12.1 Å². The number of aromatic hydroxyl groups is 1. The first kappa shape index (κ1) is 14.9. The number of amides is 1. The smallest absolute Gasteiger partial charge is 0.255 e. The molecular formula is C14H17Br2NO2. The van der Waals surface area contributed by atoms with Crippen LogP contribution < -0.4 is 5.32 Å². The molecular weight excluding hydrogens is 374 g/mol. The van der Waals surface area contributed by atoms with Crippen LogP contribution in [0.2, 0.25) is 0 Å². The van der Waals surface area contributed by atoms with Crippen molar-refractivity contribution >= 4 is 37.8 Å². The van der Waals surface area contributed by atoms with Crippen LogP contribution in [0.4, 0.5) is 0 Å². The summed E-state index contributed by atoms with van der Waals surface area (Å²) in [4.78, 5) is 12.7. The number of carbonyl (C=O) groups is 1. The van der Waals surface area contributed by atoms with Crippen molar-refractivity contribution in [3.05, 3.63) is 28.2 Å². The molecule has 1 aliphatic carbocycles. The highest BCUT2D eigenvalue weighted by Crippen LogP contribution is 2.28. The minimum Gasteiger partial charge on any atom is -0.507 e. The average Bonchev–Trinajstić information content (AvgIpc) is 2.40. The Morgan fingerprint density at radius 2 is 2.00 bits per heavy atom. The van der Waals surface area contributed by atoms with Gasteiger partial charge in [-0.2, -0.15) is 0 Å². The summed E-state index contributed by atoms with van der Waals surface area (Å²) in [5.41, 5.74) is 0.323. The maximum atomic E-state index is 12.0. The van der Waals surface area contributed by atoms with Crippen LogP contribution in [0.25, 0.3) is 0 Å². The summed E-state index contributed by atoms with van der Waals surface area (Å²) in [7, 11) is 0. The van der Waals surface area contributed by atoms with Crippen LogP contribution in [-0.4, -0.2) is 22.4 Å². The van der Waals surface area contributed by atoms with Gasteiger partial charge < -0.3 is 10.4 Å². The Kier molecular flexibility index (Phi) is 5.28. The van der Waals surface area contributed by atoms with E-state index >= 15 is 0 Å². The van der Waals surface area contributed by atoms with Crippen molar-refractivity contribution in [2.45, 2.75) is 30.5 Å². The zero-order chi connectivity index (χ0) is 13.8. The van der Waals surface area contributed by atoms with Gasteiger partial charge in [-0.05, 0) is 49.8 Å². The Morgan fingerprint density at radius 3 is 2.68 bits per heavy atom. The molecule has 0 saturated heterocycles. The van der Waals surface area contributed by atoms with E-state index in [2.05, 4.69) is 37.2 Å². The summed E-state index contributed by atoms with van der Waals surface area (Å²) < 4.78 is 0.787. The first-order chi connectivity index (χ1) is 9.06. The van der Waals surface area contributed by atoms with Crippen LogP contribution in [0, 0.1) is 5.92 Å². The number of alkyl halides is 1. The first-order valence-corrected chi connectivity index (χ1v) is 8.18. The van der Waals surface area contributed by atoms with Crippen molar-refractivity contribution in [1.29, 1.82) is 0 Å². The summed E-state index contributed by atoms with van der Waals surface area (Å²) in [6, 6.07) is 4.87. The Morgan fingerprint density at radius 1 is 1.32 bits per heavy atom. The van der Waals surface area contributed by atoms with Gasteiger partial charge in [-0.25, -0.2) is 0 Å². The van der Waals surface area contributed by atoms with Gasteiger partial charge in [0.2, 0.25) is 0 Å². The second-order valence-electron chi connectivity index (χ2n) is 4.99. The zero-order valence-electron chi connectivity index (χ0n) is 10.5. The molecule has 0 unspecified atom stereocenters. The predicted molar refractivity (Wildman–Crippen MR) is 82.8 cm³/mol. The molecule has 1 aromatic carbocycles. The number of benzene rings is 1. The minimum absolute atomic E-state index is 0.0184. The van der Waals surface area contributed by atoms with Crippen molar-refractivity contribution in [2.75, 3.05) is 6.54 Å². The summed E-state index contributed by atoms with van der Waals surface area (Å²) in [5, 5.41) is 12.6. The van der Waals surface area contributed by atoms with Gasteiger partial charge in [0.1, 0.15) is 5.75 Å². The molecule has 2 N–H and O–H groups in total. The lowest BCUT2D eigenvalue weighted by Gasteiger charge is -2.25. The quantitative estimate of drug-likeness (QED) is 0.770. The molecule has 104 valence electrons. The summed E-state index contributed by atoms with van der Waals surface area (Å²) in [6.45, 7) is 0.685. The van der Waals surface area contributed by atoms with E-state index in [9.17, 15) is 9.90 Å². The fraction of sp³-hybridized carbons (Fsp3) is 0.500. The van der Waals surface area contributed by atoms with E-state index in [0.29, 0.717) is 22.9 Å². The molecule has 0 atom stereocenters. The number of hydrogen-bond acceptors (Lipinski definition) is 2. The Labute approximate surface area is 130 Å². The molecule has 1 aromatic rings. The lowest BCUT2D eigenvalue weighted by Crippen LogP contribution is -2.31. The van der Waals surface area contributed by atoms with Crippen LogP contribution in [-0.2, 0) is 0 Å². The van der Waals surface area contributed by atoms with E-state index in [-0.39, 0.29) is 11.7 Å². The lowest BCUT2D eigenvalue weighted by molar-refractivity contribution is 0.0941. The molecule has 0 spiro atoms. The predicted octanol–water partition coefficient (Wildman–Crippen LogP) is 3.84. The Balaban J connectivity index is 1.89. The van der Waals surface area contributed by atoms with Crippen molar-refractivity contribution in [2.24, 2.45) is 5.92 Å². The average molecular weight is 391 g/mol. The van der Waals surface area contributed by atoms with Gasteiger partial charge in [-0.15, -0.1) is 0 Å². The molecule has 0 heterocycles. The van der Waals surface area contributed by atoms with Gasteiger partial charge in [-0.3, -0.25) is 4.79 Å². The summed E-state index contributed by atoms with van der Waals surface area (Å²) in [5.74, 6) is 0.358. The van der Waals surface area contributed by atoms with Gasteiger partial charge in [0.05, 0.1) is 5.56 Å². The van der Waals surface area contributed by atoms with Crippen LogP contribution in [0.3, 0.4) is 0 Å². The third kappa shape index (κ3) is 4.21. The van der Waals surface area contributed by atoms with Gasteiger partial charge in [0.15, 0.2) is 0 Å². The first-order valence-electron chi connectivity index (χ1n) is 6.47. The van der Waals surface area contributed by atoms with Crippen LogP contribution in [0.1, 0.15) is 36.0 Å². The van der Waals surface area contributed by atoms with E-state index < -0.39 is 0 Å². The maximum absolute atomic E-state index is 12.0. The Hall–Kier alpha value is -0.550. The number of hydrogen-bond donors (Lipinski definition) is 2. The molecule has 0 aliphatic heterocycles. The maximum Gasteiger partial charge on any atom is 0.255 e. The molecule has 1 saturated carbocycles. The summed E-state index contributed by atoms with van der Waals surface area (Å²) >= 11 is 6.93. The SMILES string of the molecule is O=C(NCC1CCC(Br)CC1)c1cc(Br)ccc1O. The monoisotopic (exact) mass is 389 g/mol. The van der Waals surface area contributed by atoms with Crippen LogP contribution >= 0.6 is 31.9 Å². The molecule has 3 nitrogen and oxygen atoms in total. The highest BCUT2D eigenvalue weighted by molar-refractivity contribution is 9.10. The fourth-order valence-electron chi connectivity index (χ4n) is 2.35. The highest BCUT2D eigenvalue weighted by atomic mass is 79.9. The molecule has 19 heavy (non-hydrogen) atoms. The van der Waals surface area contributed by atoms with E-state index in [0.717, 1.165) is 17.3 Å². The lowest BCUT2D eigenvalue weighted by atomic mass is 9.89. The number of nitrogens with one attached hydrogen (secondary N) is 1. The number of rotatable bonds is 3. The number of halogens is 2. The van der Waals surface area contributed by atoms with Gasteiger partial charge in [0, 0.05) is 15.8 Å². The van der Waals surface area contributed by atoms with Crippen LogP contribution in [0.5, 0.6) is 5.75 Å². The van der Waals surface area contributed by atoms with Crippen molar-refractivity contribution < 1.29 is 9.90 Å². The molecule has 0 radical (unpaired) electrons. The molecule has 1 aliphatic rings. The van der Waals surface area contributed by atoms with Gasteiger partial charge >= 0.3 is 0 Å². The standard InChI is InChI=1S/C14H17Br2NO2/c15-10-3-1-9(2-4-10)8-17-14(19)12-7-11(16)5-6-13(12)18/h5-7,9-10,18H,1-4,8H2,(H,17,19). The van der Waals surface area contributed by atoms with Crippen LogP contribution in [0.15, 0.2) is 22.7 Å². The van der Waals surface area contributed by atoms with Crippen molar-refractivity contribution in [1.82, 2.24) is 5.32 Å². The topological polar surface area (TPSA) is 49.3 Å². The molecule has 2 rings (SSSR count). The third-order valence-electron chi connectivity index (χ3n) is 3.53. The van der Waals surface area contributed by atoms with E-state index in [1.165, 1.54) is 18.9 Å². The highest BCUT2D eigenvalue weighted by Gasteiger charge is 2.20. The molecule has 0 bridgehead atoms. The molecule has 1 fully saturated rings. The summed E-state index contributed by atoms with van der Waals surface area (Å²) in [6.07, 6.45) is 4.62. The fourth-order valence-corrected chi connectivity index (χ4v) is 3.24. The third-order valence-corrected chi connectivity index (χ3v) is 4.94. The van der Waals surface area contributed by atoms with E-state index in [1.807, 2.05) is 0 Å². The Bertz CT molecular complexity index is 457. The molecule has 5 heteroatoms. The van der Waals surface area contributed by atoms with Crippen molar-refractivity contribution in [3.8, 4) is 5.75 Å². The second kappa shape index (κ2) is 6.75. The zero-order valence-corrected chi connectivity index (χ0v) is 13.7. The number of phenolic OH excluding ortho intramolecular Hbond substituents is 1. The minimum atomic E-state index is -0.209. The second-order valence-corrected chi connectivity index (χ2v) is 7.20. The largest absolute Gasteiger partial charge is 0.507 e. The molecule has 1 amide bonds. The number of carbonyl (C=O) groups excluding carboxylic acids is 1. The molecule has 0 aromatic heterocycles. The van der Waals surface area contributed by atoms with E-state index in [4.69, 9.17) is 0 Å². The normalized spacial score (nSPS) is 23.1.